The van der Waals surface area contributed by atoms with E-state index in [0.717, 1.165) is 11.1 Å². The van der Waals surface area contributed by atoms with Gasteiger partial charge in [-0.1, -0.05) is 24.3 Å². The third-order valence-corrected chi connectivity index (χ3v) is 3.75. The summed E-state index contributed by atoms with van der Waals surface area (Å²) < 4.78 is 18.2. The van der Waals surface area contributed by atoms with Gasteiger partial charge in [0.05, 0.1) is 12.7 Å². The molecule has 5 nitrogen and oxygen atoms in total. The van der Waals surface area contributed by atoms with Crippen LogP contribution >= 0.6 is 24.0 Å². The summed E-state index contributed by atoms with van der Waals surface area (Å²) >= 11 is 0. The molecule has 2 aromatic carbocycles. The number of carbonyl (C=O) groups excluding carboxylic acids is 1. The fourth-order valence-corrected chi connectivity index (χ4v) is 2.22. The van der Waals surface area contributed by atoms with Crippen molar-refractivity contribution in [2.75, 3.05) is 14.2 Å². The SMILES string of the molecule is CN=C(NCc1ccc(C(=O)OC)cc1)NCc1ccc(C)c(F)c1.I. The van der Waals surface area contributed by atoms with E-state index in [1.165, 1.54) is 13.2 Å². The molecule has 0 heterocycles. The van der Waals surface area contributed by atoms with Crippen LogP contribution in [0, 0.1) is 12.7 Å². The van der Waals surface area contributed by atoms with Gasteiger partial charge in [0.25, 0.3) is 0 Å². The summed E-state index contributed by atoms with van der Waals surface area (Å²) in [4.78, 5) is 15.6. The number of aryl methyl sites for hydroxylation is 1. The Morgan fingerprint density at radius 1 is 1.08 bits per heavy atom. The van der Waals surface area contributed by atoms with Gasteiger partial charge in [0.2, 0.25) is 0 Å². The van der Waals surface area contributed by atoms with Crippen LogP contribution in [0.2, 0.25) is 0 Å². The topological polar surface area (TPSA) is 62.7 Å². The molecule has 0 spiro atoms. The highest BCUT2D eigenvalue weighted by Gasteiger charge is 2.05. The second kappa shape index (κ2) is 10.7. The fourth-order valence-electron chi connectivity index (χ4n) is 2.22. The molecule has 0 aromatic heterocycles. The number of halogens is 2. The Labute approximate surface area is 170 Å². The van der Waals surface area contributed by atoms with Crippen molar-refractivity contribution in [3.8, 4) is 0 Å². The van der Waals surface area contributed by atoms with E-state index in [-0.39, 0.29) is 35.8 Å². The van der Waals surface area contributed by atoms with Crippen LogP contribution in [-0.4, -0.2) is 26.1 Å². The highest BCUT2D eigenvalue weighted by molar-refractivity contribution is 14.0. The van der Waals surface area contributed by atoms with Gasteiger partial charge >= 0.3 is 5.97 Å². The number of guanidine groups is 1. The van der Waals surface area contributed by atoms with E-state index < -0.39 is 0 Å². The van der Waals surface area contributed by atoms with Crippen LogP contribution in [0.15, 0.2) is 47.5 Å². The Hall–Kier alpha value is -2.16. The minimum absolute atomic E-state index is 0. The molecule has 0 fully saturated rings. The number of hydrogen-bond acceptors (Lipinski definition) is 3. The van der Waals surface area contributed by atoms with E-state index in [2.05, 4.69) is 20.4 Å². The zero-order chi connectivity index (χ0) is 18.2. The third-order valence-electron chi connectivity index (χ3n) is 3.75. The van der Waals surface area contributed by atoms with E-state index >= 15 is 0 Å². The van der Waals surface area contributed by atoms with Crippen molar-refractivity contribution in [1.29, 1.82) is 0 Å². The normalized spacial score (nSPS) is 10.7. The molecular weight excluding hydrogens is 448 g/mol. The van der Waals surface area contributed by atoms with Crippen molar-refractivity contribution in [1.82, 2.24) is 10.6 Å². The summed E-state index contributed by atoms with van der Waals surface area (Å²) in [5.41, 5.74) is 2.97. The van der Waals surface area contributed by atoms with Gasteiger partial charge in [0.1, 0.15) is 5.82 Å². The lowest BCUT2D eigenvalue weighted by Crippen LogP contribution is -2.36. The number of methoxy groups -OCH3 is 1. The number of rotatable bonds is 5. The Bertz CT molecular complexity index is 764. The molecule has 0 bridgehead atoms. The first-order valence-corrected chi connectivity index (χ1v) is 7.90. The highest BCUT2D eigenvalue weighted by atomic mass is 127. The number of nitrogens with zero attached hydrogens (tertiary/aromatic N) is 1. The molecular formula is C19H23FIN3O2. The van der Waals surface area contributed by atoms with Crippen molar-refractivity contribution in [3.63, 3.8) is 0 Å². The zero-order valence-electron chi connectivity index (χ0n) is 15.0. The number of aliphatic imine (C=N–C) groups is 1. The number of ether oxygens (including phenoxy) is 1. The maximum atomic E-state index is 13.6. The van der Waals surface area contributed by atoms with Crippen molar-refractivity contribution in [3.05, 3.63) is 70.5 Å². The molecule has 0 saturated heterocycles. The van der Waals surface area contributed by atoms with Gasteiger partial charge < -0.3 is 15.4 Å². The quantitative estimate of drug-likeness (QED) is 0.304. The van der Waals surface area contributed by atoms with Gasteiger partial charge in [-0.3, -0.25) is 4.99 Å². The van der Waals surface area contributed by atoms with Crippen LogP contribution in [0.5, 0.6) is 0 Å². The summed E-state index contributed by atoms with van der Waals surface area (Å²) in [5, 5.41) is 6.31. The van der Waals surface area contributed by atoms with Crippen molar-refractivity contribution in [2.24, 2.45) is 4.99 Å². The number of hydrogen-bond donors (Lipinski definition) is 2. The predicted octanol–water partition coefficient (Wildman–Crippen LogP) is 3.40. The largest absolute Gasteiger partial charge is 0.465 e. The average molecular weight is 471 g/mol. The molecule has 0 atom stereocenters. The van der Waals surface area contributed by atoms with Gasteiger partial charge in [-0.2, -0.15) is 0 Å². The molecule has 2 rings (SSSR count). The van der Waals surface area contributed by atoms with E-state index in [1.807, 2.05) is 18.2 Å². The summed E-state index contributed by atoms with van der Waals surface area (Å²) in [6.07, 6.45) is 0. The zero-order valence-corrected chi connectivity index (χ0v) is 17.3. The average Bonchev–Trinajstić information content (AvgIpc) is 2.64. The van der Waals surface area contributed by atoms with Crippen LogP contribution in [0.1, 0.15) is 27.0 Å². The van der Waals surface area contributed by atoms with E-state index in [1.54, 1.807) is 32.2 Å². The number of nitrogens with one attached hydrogen (secondary N) is 2. The van der Waals surface area contributed by atoms with Gasteiger partial charge in [-0.05, 0) is 41.8 Å². The van der Waals surface area contributed by atoms with Gasteiger partial charge in [0, 0.05) is 20.1 Å². The highest BCUT2D eigenvalue weighted by Crippen LogP contribution is 2.09. The van der Waals surface area contributed by atoms with E-state index in [9.17, 15) is 9.18 Å². The van der Waals surface area contributed by atoms with Gasteiger partial charge in [-0.15, -0.1) is 24.0 Å². The molecule has 140 valence electrons. The Balaban J connectivity index is 0.00000338. The number of carbonyl (C=O) groups is 1. The lowest BCUT2D eigenvalue weighted by atomic mass is 10.1. The van der Waals surface area contributed by atoms with Crippen LogP contribution in [0.3, 0.4) is 0 Å². The Kier molecular flexibility index (Phi) is 9.04. The third kappa shape index (κ3) is 6.29. The van der Waals surface area contributed by atoms with Crippen LogP contribution < -0.4 is 10.6 Å². The summed E-state index contributed by atoms with van der Waals surface area (Å²) in [7, 11) is 3.03. The summed E-state index contributed by atoms with van der Waals surface area (Å²) in [6, 6.07) is 12.3. The van der Waals surface area contributed by atoms with Crippen LogP contribution in [0.4, 0.5) is 4.39 Å². The van der Waals surface area contributed by atoms with Crippen LogP contribution in [0.25, 0.3) is 0 Å². The molecule has 0 radical (unpaired) electrons. The minimum atomic E-state index is -0.359. The molecule has 2 aromatic rings. The van der Waals surface area contributed by atoms with E-state index in [4.69, 9.17) is 0 Å². The van der Waals surface area contributed by atoms with Crippen molar-refractivity contribution < 1.29 is 13.9 Å². The maximum Gasteiger partial charge on any atom is 0.337 e. The van der Waals surface area contributed by atoms with E-state index in [0.29, 0.717) is 30.2 Å². The standard InChI is InChI=1S/C19H22FN3O2.HI/c1-13-4-5-15(10-17(13)20)12-23-19(21-2)22-11-14-6-8-16(9-7-14)18(24)25-3;/h4-10H,11-12H2,1-3H3,(H2,21,22,23);1H. The first kappa shape index (κ1) is 21.9. The first-order chi connectivity index (χ1) is 12.0. The number of esters is 1. The second-order valence-corrected chi connectivity index (χ2v) is 5.55. The Morgan fingerprint density at radius 3 is 2.19 bits per heavy atom. The smallest absolute Gasteiger partial charge is 0.337 e. The molecule has 7 heteroatoms. The molecule has 0 saturated carbocycles. The van der Waals surface area contributed by atoms with Gasteiger partial charge in [-0.25, -0.2) is 9.18 Å². The fraction of sp³-hybridized carbons (Fsp3) is 0.263. The summed E-state index contributed by atoms with van der Waals surface area (Å²) in [5.74, 6) is 0.0354. The summed E-state index contributed by atoms with van der Waals surface area (Å²) in [6.45, 7) is 2.75. The van der Waals surface area contributed by atoms with Gasteiger partial charge in [0.15, 0.2) is 5.96 Å². The number of benzene rings is 2. The Morgan fingerprint density at radius 2 is 1.65 bits per heavy atom. The molecule has 2 N–H and O–H groups in total. The van der Waals surface area contributed by atoms with Crippen molar-refractivity contribution in [2.45, 2.75) is 20.0 Å². The molecule has 0 amide bonds. The maximum absolute atomic E-state index is 13.6. The predicted molar refractivity (Wildman–Crippen MR) is 111 cm³/mol. The molecule has 0 unspecified atom stereocenters. The van der Waals surface area contributed by atoms with Crippen molar-refractivity contribution >= 4 is 35.9 Å². The second-order valence-electron chi connectivity index (χ2n) is 5.55. The molecule has 0 aliphatic carbocycles. The lowest BCUT2D eigenvalue weighted by Gasteiger charge is -2.12. The van der Waals surface area contributed by atoms with Crippen LogP contribution in [-0.2, 0) is 17.8 Å². The minimum Gasteiger partial charge on any atom is -0.465 e. The molecule has 0 aliphatic rings. The lowest BCUT2D eigenvalue weighted by molar-refractivity contribution is 0.0600. The monoisotopic (exact) mass is 471 g/mol. The first-order valence-electron chi connectivity index (χ1n) is 7.90. The molecule has 0 aliphatic heterocycles. The molecule has 26 heavy (non-hydrogen) atoms.